The fourth-order valence-electron chi connectivity index (χ4n) is 2.15. The van der Waals surface area contributed by atoms with Crippen LogP contribution in [0, 0.1) is 0 Å². The number of amides is 2. The molecule has 2 aromatic rings. The molecule has 0 saturated carbocycles. The van der Waals surface area contributed by atoms with Gasteiger partial charge in [-0.1, -0.05) is 24.3 Å². The van der Waals surface area contributed by atoms with Crippen LogP contribution in [0.15, 0.2) is 53.4 Å². The van der Waals surface area contributed by atoms with Crippen LogP contribution in [0.3, 0.4) is 0 Å². The summed E-state index contributed by atoms with van der Waals surface area (Å²) < 4.78 is 10.6. The number of carbonyl (C=O) groups excluding carboxylic acids is 1. The third-order valence-corrected chi connectivity index (χ3v) is 4.30. The van der Waals surface area contributed by atoms with Crippen LogP contribution in [-0.2, 0) is 6.54 Å². The molecular weight excluding hydrogens is 312 g/mol. The van der Waals surface area contributed by atoms with Gasteiger partial charge in [-0.2, -0.15) is 0 Å². The molecule has 5 nitrogen and oxygen atoms in total. The molecule has 1 heterocycles. The number of fused-ring (bicyclic) bond motifs is 1. The number of nitrogens with one attached hydrogen (secondary N) is 2. The van der Waals surface area contributed by atoms with Crippen molar-refractivity contribution in [2.24, 2.45) is 0 Å². The van der Waals surface area contributed by atoms with E-state index in [2.05, 4.69) is 22.8 Å². The van der Waals surface area contributed by atoms with Crippen LogP contribution in [0.25, 0.3) is 0 Å². The maximum absolute atomic E-state index is 11.8. The Bertz CT molecular complexity index is 664. The third-order valence-electron chi connectivity index (χ3n) is 3.29. The lowest BCUT2D eigenvalue weighted by molar-refractivity contribution is 0.174. The number of urea groups is 1. The molecule has 0 fully saturated rings. The summed E-state index contributed by atoms with van der Waals surface area (Å²) in [7, 11) is 0. The molecule has 1 aliphatic rings. The lowest BCUT2D eigenvalue weighted by Crippen LogP contribution is -2.36. The van der Waals surface area contributed by atoms with Gasteiger partial charge < -0.3 is 20.1 Å². The van der Waals surface area contributed by atoms with E-state index in [1.54, 1.807) is 11.8 Å². The molecule has 0 atom stereocenters. The number of thioether (sulfide) groups is 1. The molecule has 0 spiro atoms. The summed E-state index contributed by atoms with van der Waals surface area (Å²) in [6, 6.07) is 15.6. The van der Waals surface area contributed by atoms with Crippen molar-refractivity contribution < 1.29 is 14.3 Å². The molecule has 1 aliphatic heterocycles. The summed E-state index contributed by atoms with van der Waals surface area (Å²) in [5, 5.41) is 5.68. The van der Waals surface area contributed by atoms with E-state index in [-0.39, 0.29) is 12.8 Å². The number of ether oxygens (including phenoxy) is 2. The molecule has 0 aliphatic carbocycles. The van der Waals surface area contributed by atoms with Crippen molar-refractivity contribution in [1.29, 1.82) is 0 Å². The quantitative estimate of drug-likeness (QED) is 0.631. The summed E-state index contributed by atoms with van der Waals surface area (Å²) >= 11 is 1.72. The molecule has 0 radical (unpaired) electrons. The minimum Gasteiger partial charge on any atom is -0.454 e. The highest BCUT2D eigenvalue weighted by Gasteiger charge is 2.13. The number of carbonyl (C=O) groups is 1. The molecular formula is C17H18N2O3S. The topological polar surface area (TPSA) is 59.6 Å². The zero-order chi connectivity index (χ0) is 15.9. The minimum absolute atomic E-state index is 0.170. The Balaban J connectivity index is 1.35. The molecule has 2 N–H and O–H groups in total. The molecule has 6 heteroatoms. The Morgan fingerprint density at radius 3 is 2.74 bits per heavy atom. The maximum Gasteiger partial charge on any atom is 0.315 e. The highest BCUT2D eigenvalue weighted by Crippen LogP contribution is 2.32. The summed E-state index contributed by atoms with van der Waals surface area (Å²) in [5.41, 5.74) is 0.975. The van der Waals surface area contributed by atoms with Crippen molar-refractivity contribution in [3.63, 3.8) is 0 Å². The highest BCUT2D eigenvalue weighted by molar-refractivity contribution is 7.99. The average Bonchev–Trinajstić information content (AvgIpc) is 3.05. The third kappa shape index (κ3) is 4.56. The first kappa shape index (κ1) is 15.6. The first-order valence-electron chi connectivity index (χ1n) is 7.39. The smallest absolute Gasteiger partial charge is 0.315 e. The van der Waals surface area contributed by atoms with E-state index in [0.717, 1.165) is 22.8 Å². The lowest BCUT2D eigenvalue weighted by atomic mass is 10.2. The van der Waals surface area contributed by atoms with E-state index in [1.807, 2.05) is 36.4 Å². The molecule has 0 bridgehead atoms. The highest BCUT2D eigenvalue weighted by atomic mass is 32.2. The molecule has 120 valence electrons. The monoisotopic (exact) mass is 330 g/mol. The number of benzene rings is 2. The van der Waals surface area contributed by atoms with Crippen molar-refractivity contribution in [3.05, 3.63) is 54.1 Å². The second kappa shape index (κ2) is 7.78. The minimum atomic E-state index is -0.170. The second-order valence-electron chi connectivity index (χ2n) is 4.96. The van der Waals surface area contributed by atoms with E-state index in [1.165, 1.54) is 4.90 Å². The van der Waals surface area contributed by atoms with Crippen LogP contribution in [-0.4, -0.2) is 25.1 Å². The van der Waals surface area contributed by atoms with Gasteiger partial charge in [0.05, 0.1) is 0 Å². The Kier molecular flexibility index (Phi) is 5.26. The van der Waals surface area contributed by atoms with Gasteiger partial charge in [-0.05, 0) is 29.8 Å². The predicted molar refractivity (Wildman–Crippen MR) is 90.0 cm³/mol. The van der Waals surface area contributed by atoms with Gasteiger partial charge in [0.2, 0.25) is 6.79 Å². The SMILES string of the molecule is O=C(NCCSc1ccccc1)NCc1ccc2c(c1)OCO2. The van der Waals surface area contributed by atoms with Crippen LogP contribution in [0.5, 0.6) is 11.5 Å². The molecule has 0 saturated heterocycles. The van der Waals surface area contributed by atoms with Gasteiger partial charge in [0.25, 0.3) is 0 Å². The Hall–Kier alpha value is -2.34. The van der Waals surface area contributed by atoms with Gasteiger partial charge in [-0.3, -0.25) is 0 Å². The van der Waals surface area contributed by atoms with E-state index in [0.29, 0.717) is 13.1 Å². The zero-order valence-corrected chi connectivity index (χ0v) is 13.4. The summed E-state index contributed by atoms with van der Waals surface area (Å²) in [6.45, 7) is 1.33. The van der Waals surface area contributed by atoms with Gasteiger partial charge in [0, 0.05) is 23.7 Å². The molecule has 3 rings (SSSR count). The summed E-state index contributed by atoms with van der Waals surface area (Å²) in [4.78, 5) is 13.0. The van der Waals surface area contributed by atoms with Crippen LogP contribution >= 0.6 is 11.8 Å². The van der Waals surface area contributed by atoms with E-state index >= 15 is 0 Å². The van der Waals surface area contributed by atoms with Gasteiger partial charge in [0.1, 0.15) is 0 Å². The first-order valence-corrected chi connectivity index (χ1v) is 8.38. The maximum atomic E-state index is 11.8. The Labute approximate surface area is 139 Å². The van der Waals surface area contributed by atoms with Crippen LogP contribution in [0.2, 0.25) is 0 Å². The van der Waals surface area contributed by atoms with Crippen molar-refractivity contribution in [2.45, 2.75) is 11.4 Å². The first-order chi connectivity index (χ1) is 11.3. The number of hydrogen-bond acceptors (Lipinski definition) is 4. The fraction of sp³-hybridized carbons (Fsp3) is 0.235. The van der Waals surface area contributed by atoms with Crippen molar-refractivity contribution in [1.82, 2.24) is 10.6 Å². The number of hydrogen-bond donors (Lipinski definition) is 2. The Morgan fingerprint density at radius 2 is 1.87 bits per heavy atom. The summed E-state index contributed by atoms with van der Waals surface area (Å²) in [6.07, 6.45) is 0. The zero-order valence-electron chi connectivity index (χ0n) is 12.6. The van der Waals surface area contributed by atoms with E-state index in [9.17, 15) is 4.79 Å². The van der Waals surface area contributed by atoms with E-state index < -0.39 is 0 Å². The average molecular weight is 330 g/mol. The van der Waals surface area contributed by atoms with Crippen molar-refractivity contribution in [3.8, 4) is 11.5 Å². The number of rotatable bonds is 6. The molecule has 0 unspecified atom stereocenters. The molecule has 23 heavy (non-hydrogen) atoms. The van der Waals surface area contributed by atoms with E-state index in [4.69, 9.17) is 9.47 Å². The van der Waals surface area contributed by atoms with Gasteiger partial charge in [-0.15, -0.1) is 11.8 Å². The summed E-state index contributed by atoms with van der Waals surface area (Å²) in [5.74, 6) is 2.31. The Morgan fingerprint density at radius 1 is 1.04 bits per heavy atom. The molecule has 2 aromatic carbocycles. The van der Waals surface area contributed by atoms with Crippen molar-refractivity contribution in [2.75, 3.05) is 19.1 Å². The normalized spacial score (nSPS) is 12.0. The van der Waals surface area contributed by atoms with Crippen LogP contribution in [0.4, 0.5) is 4.79 Å². The van der Waals surface area contributed by atoms with Gasteiger partial charge in [-0.25, -0.2) is 4.79 Å². The standard InChI is InChI=1S/C17H18N2O3S/c20-17(18-8-9-23-14-4-2-1-3-5-14)19-11-13-6-7-15-16(10-13)22-12-21-15/h1-7,10H,8-9,11-12H2,(H2,18,19,20). The van der Waals surface area contributed by atoms with Crippen molar-refractivity contribution >= 4 is 17.8 Å². The van der Waals surface area contributed by atoms with Gasteiger partial charge in [0.15, 0.2) is 11.5 Å². The van der Waals surface area contributed by atoms with Crippen LogP contribution in [0.1, 0.15) is 5.56 Å². The van der Waals surface area contributed by atoms with Crippen LogP contribution < -0.4 is 20.1 Å². The molecule has 0 aromatic heterocycles. The fourth-order valence-corrected chi connectivity index (χ4v) is 2.94. The predicted octanol–water partition coefficient (Wildman–Crippen LogP) is 3.01. The largest absolute Gasteiger partial charge is 0.454 e. The second-order valence-corrected chi connectivity index (χ2v) is 6.13. The van der Waals surface area contributed by atoms with Gasteiger partial charge >= 0.3 is 6.03 Å². The molecule has 2 amide bonds. The lowest BCUT2D eigenvalue weighted by Gasteiger charge is -2.08.